The van der Waals surface area contributed by atoms with E-state index in [-0.39, 0.29) is 16.8 Å². The standard InChI is InChI=1S/C24H28FN7O2/c1-14-7-16(15(9-26)10-27-2)17(25)8-18(14)29-21-28-11-19-20(30-21)32(22(33)31(19)3)23-5-6-24(12-23,13-23)34-4/h7-11H,5-6,12-13,26H2,1-4H3,(H,28,29,30)/b15-9+,27-10?. The summed E-state index contributed by atoms with van der Waals surface area (Å²) < 4.78 is 24.0. The van der Waals surface area contributed by atoms with Gasteiger partial charge in [0.25, 0.3) is 0 Å². The highest BCUT2D eigenvalue weighted by atomic mass is 19.1. The van der Waals surface area contributed by atoms with E-state index in [2.05, 4.69) is 15.3 Å². The summed E-state index contributed by atoms with van der Waals surface area (Å²) in [5.41, 5.74) is 8.49. The van der Waals surface area contributed by atoms with Crippen LogP contribution in [-0.4, -0.2) is 45.1 Å². The van der Waals surface area contributed by atoms with Crippen molar-refractivity contribution in [3.63, 3.8) is 0 Å². The third-order valence-corrected chi connectivity index (χ3v) is 7.38. The van der Waals surface area contributed by atoms with E-state index in [4.69, 9.17) is 15.5 Å². The molecule has 2 aromatic heterocycles. The van der Waals surface area contributed by atoms with Crippen LogP contribution in [0, 0.1) is 12.7 Å². The maximum absolute atomic E-state index is 14.9. The minimum atomic E-state index is -0.447. The van der Waals surface area contributed by atoms with Crippen LogP contribution in [0.3, 0.4) is 0 Å². The van der Waals surface area contributed by atoms with Crippen molar-refractivity contribution in [1.82, 2.24) is 19.1 Å². The first kappa shape index (κ1) is 22.3. The Labute approximate surface area is 196 Å². The molecule has 9 nitrogen and oxygen atoms in total. The zero-order valence-electron chi connectivity index (χ0n) is 19.7. The van der Waals surface area contributed by atoms with Crippen molar-refractivity contribution in [2.75, 3.05) is 19.5 Å². The second kappa shape index (κ2) is 7.76. The normalized spacial score (nSPS) is 24.2. The molecule has 3 fully saturated rings. The quantitative estimate of drug-likeness (QED) is 0.541. The van der Waals surface area contributed by atoms with Crippen LogP contribution in [0.2, 0.25) is 0 Å². The molecule has 0 saturated heterocycles. The van der Waals surface area contributed by atoms with Crippen molar-refractivity contribution in [2.24, 2.45) is 17.8 Å². The van der Waals surface area contributed by atoms with E-state index in [9.17, 15) is 9.18 Å². The average molecular weight is 466 g/mol. The Hall–Kier alpha value is -3.53. The number of allylic oxidation sites excluding steroid dienone is 1. The summed E-state index contributed by atoms with van der Waals surface area (Å²) in [6.07, 6.45) is 7.86. The number of nitrogens with two attached hydrogens (primary N) is 1. The number of rotatable bonds is 6. The first-order valence-electron chi connectivity index (χ1n) is 11.2. The molecule has 3 aliphatic carbocycles. The number of fused-ring (bicyclic) bond motifs is 2. The molecule has 3 aromatic rings. The number of hydrogen-bond acceptors (Lipinski definition) is 7. The molecule has 0 amide bonds. The highest BCUT2D eigenvalue weighted by molar-refractivity contribution is 6.09. The molecule has 3 saturated carbocycles. The van der Waals surface area contributed by atoms with Gasteiger partial charge in [-0.3, -0.25) is 14.1 Å². The summed E-state index contributed by atoms with van der Waals surface area (Å²) in [4.78, 5) is 26.2. The average Bonchev–Trinajstić information content (AvgIpc) is 3.43. The van der Waals surface area contributed by atoms with Gasteiger partial charge in [0, 0.05) is 63.3 Å². The lowest BCUT2D eigenvalue weighted by molar-refractivity contribution is -0.0906. The van der Waals surface area contributed by atoms with Crippen molar-refractivity contribution >= 4 is 34.6 Å². The number of aryl methyl sites for hydroxylation is 2. The van der Waals surface area contributed by atoms with E-state index in [1.807, 2.05) is 6.92 Å². The molecule has 2 bridgehead atoms. The number of benzene rings is 1. The molecule has 3 aliphatic rings. The third kappa shape index (κ3) is 3.16. The molecule has 2 heterocycles. The van der Waals surface area contributed by atoms with E-state index < -0.39 is 5.82 Å². The smallest absolute Gasteiger partial charge is 0.330 e. The number of aromatic nitrogens is 4. The van der Waals surface area contributed by atoms with Crippen LogP contribution >= 0.6 is 0 Å². The van der Waals surface area contributed by atoms with Gasteiger partial charge in [0.15, 0.2) is 5.65 Å². The number of halogens is 1. The second-order valence-electron chi connectivity index (χ2n) is 9.33. The number of methoxy groups -OCH3 is 1. The van der Waals surface area contributed by atoms with E-state index in [0.29, 0.717) is 33.9 Å². The molecular weight excluding hydrogens is 437 g/mol. The molecule has 0 aliphatic heterocycles. The topological polar surface area (TPSA) is 112 Å². The Morgan fingerprint density at radius 2 is 2.12 bits per heavy atom. The largest absolute Gasteiger partial charge is 0.404 e. The predicted molar refractivity (Wildman–Crippen MR) is 130 cm³/mol. The Morgan fingerprint density at radius 3 is 2.76 bits per heavy atom. The molecule has 1 aromatic carbocycles. The van der Waals surface area contributed by atoms with Gasteiger partial charge in [-0.15, -0.1) is 0 Å². The Bertz CT molecular complexity index is 1410. The van der Waals surface area contributed by atoms with Crippen LogP contribution in [0.5, 0.6) is 0 Å². The lowest BCUT2D eigenvalue weighted by atomic mass is 9.73. The fourth-order valence-corrected chi connectivity index (χ4v) is 5.58. The van der Waals surface area contributed by atoms with Crippen molar-refractivity contribution in [1.29, 1.82) is 0 Å². The first-order chi connectivity index (χ1) is 16.3. The summed E-state index contributed by atoms with van der Waals surface area (Å²) in [7, 11) is 5.07. The summed E-state index contributed by atoms with van der Waals surface area (Å²) in [5.74, 6) is -0.156. The number of nitrogens with zero attached hydrogens (tertiary/aromatic N) is 5. The summed E-state index contributed by atoms with van der Waals surface area (Å²) in [6, 6.07) is 3.09. The number of aliphatic imine (C=N–C) groups is 1. The minimum Gasteiger partial charge on any atom is -0.404 e. The van der Waals surface area contributed by atoms with Gasteiger partial charge in [0.05, 0.1) is 17.3 Å². The maximum atomic E-state index is 14.9. The third-order valence-electron chi connectivity index (χ3n) is 7.38. The van der Waals surface area contributed by atoms with Gasteiger partial charge in [0.2, 0.25) is 5.95 Å². The Balaban J connectivity index is 1.53. The number of nitrogens with one attached hydrogen (secondary N) is 1. The molecule has 3 N–H and O–H groups in total. The zero-order chi connectivity index (χ0) is 24.3. The fourth-order valence-electron chi connectivity index (χ4n) is 5.58. The lowest BCUT2D eigenvalue weighted by Crippen LogP contribution is -2.53. The van der Waals surface area contributed by atoms with Crippen molar-refractivity contribution in [3.05, 3.63) is 52.0 Å². The SMILES string of the molecule is CN=C/C(=C\N)c1cc(C)c(Nc2ncc3c(n2)n(C24CCC(OC)(C2)C4)c(=O)n3C)cc1F. The lowest BCUT2D eigenvalue weighted by Gasteiger charge is -2.46. The molecule has 0 atom stereocenters. The molecule has 0 spiro atoms. The van der Waals surface area contributed by atoms with Crippen LogP contribution in [0.15, 0.2) is 34.3 Å². The molecule has 178 valence electrons. The highest BCUT2D eigenvalue weighted by Gasteiger charge is 2.63. The minimum absolute atomic E-state index is 0.113. The van der Waals surface area contributed by atoms with Gasteiger partial charge < -0.3 is 15.8 Å². The number of imidazole rings is 1. The number of ether oxygens (including phenoxy) is 1. The number of hydrogen-bond donors (Lipinski definition) is 2. The highest BCUT2D eigenvalue weighted by Crippen LogP contribution is 2.61. The Kier molecular flexibility index (Phi) is 5.09. The monoisotopic (exact) mass is 465 g/mol. The van der Waals surface area contributed by atoms with Gasteiger partial charge in [-0.05, 0) is 37.5 Å². The van der Waals surface area contributed by atoms with E-state index in [0.717, 1.165) is 31.2 Å². The summed E-state index contributed by atoms with van der Waals surface area (Å²) >= 11 is 0. The fraction of sp³-hybridized carbons (Fsp3) is 0.417. The van der Waals surface area contributed by atoms with Crippen molar-refractivity contribution in [3.8, 4) is 0 Å². The van der Waals surface area contributed by atoms with Gasteiger partial charge in [-0.2, -0.15) is 4.98 Å². The molecule has 34 heavy (non-hydrogen) atoms. The Morgan fingerprint density at radius 1 is 1.35 bits per heavy atom. The molecular formula is C24H28FN7O2. The maximum Gasteiger partial charge on any atom is 0.330 e. The molecule has 0 unspecified atom stereocenters. The number of anilines is 2. The van der Waals surface area contributed by atoms with Crippen LogP contribution in [0.25, 0.3) is 16.7 Å². The zero-order valence-corrected chi connectivity index (χ0v) is 19.7. The second-order valence-corrected chi connectivity index (χ2v) is 9.33. The van der Waals surface area contributed by atoms with Gasteiger partial charge >= 0.3 is 5.69 Å². The van der Waals surface area contributed by atoms with Crippen LogP contribution in [0.4, 0.5) is 16.0 Å². The van der Waals surface area contributed by atoms with Crippen LogP contribution < -0.4 is 16.7 Å². The predicted octanol–water partition coefficient (Wildman–Crippen LogP) is 2.99. The van der Waals surface area contributed by atoms with Crippen LogP contribution in [-0.2, 0) is 17.3 Å². The summed E-state index contributed by atoms with van der Waals surface area (Å²) in [6.45, 7) is 1.86. The van der Waals surface area contributed by atoms with E-state index >= 15 is 0 Å². The summed E-state index contributed by atoms with van der Waals surface area (Å²) in [5, 5.41) is 3.12. The van der Waals surface area contributed by atoms with Gasteiger partial charge in [0.1, 0.15) is 11.3 Å². The van der Waals surface area contributed by atoms with Crippen LogP contribution in [0.1, 0.15) is 36.8 Å². The first-order valence-corrected chi connectivity index (χ1v) is 11.2. The molecule has 6 rings (SSSR count). The van der Waals surface area contributed by atoms with Gasteiger partial charge in [-0.1, -0.05) is 0 Å². The van der Waals surface area contributed by atoms with E-state index in [1.54, 1.807) is 42.6 Å². The van der Waals surface area contributed by atoms with Gasteiger partial charge in [-0.25, -0.2) is 14.2 Å². The van der Waals surface area contributed by atoms with E-state index in [1.165, 1.54) is 18.5 Å². The van der Waals surface area contributed by atoms with Crippen molar-refractivity contribution in [2.45, 2.75) is 43.7 Å². The molecule has 10 heteroatoms. The van der Waals surface area contributed by atoms with Crippen molar-refractivity contribution < 1.29 is 9.13 Å². The molecule has 0 radical (unpaired) electrons.